The first kappa shape index (κ1) is 17.1. The zero-order valence-electron chi connectivity index (χ0n) is 12.0. The van der Waals surface area contributed by atoms with Crippen LogP contribution >= 0.6 is 23.2 Å². The lowest BCUT2D eigenvalue weighted by atomic mass is 10.3. The van der Waals surface area contributed by atoms with Crippen molar-refractivity contribution >= 4 is 34.9 Å². The number of hydrogen-bond acceptors (Lipinski definition) is 7. The summed E-state index contributed by atoms with van der Waals surface area (Å²) in [5.41, 5.74) is 2.87. The van der Waals surface area contributed by atoms with Crippen LogP contribution in [-0.2, 0) is 9.53 Å². The maximum absolute atomic E-state index is 11.2. The number of nitrogens with two attached hydrogens (primary N) is 1. The first-order chi connectivity index (χ1) is 11.0. The topological polar surface area (TPSA) is 95.7 Å². The summed E-state index contributed by atoms with van der Waals surface area (Å²) in [7, 11) is 1.26. The predicted molar refractivity (Wildman–Crippen MR) is 86.1 cm³/mol. The lowest BCUT2D eigenvalue weighted by Gasteiger charge is -2.13. The molecule has 7 nitrogen and oxygen atoms in total. The molecule has 23 heavy (non-hydrogen) atoms. The number of benzene rings is 1. The molecule has 2 aromatic rings. The van der Waals surface area contributed by atoms with E-state index in [1.165, 1.54) is 25.4 Å². The molecule has 0 amide bonds. The monoisotopic (exact) mass is 357 g/mol. The quantitative estimate of drug-likeness (QED) is 0.466. The van der Waals surface area contributed by atoms with Crippen LogP contribution in [0.2, 0.25) is 10.0 Å². The number of hydrazine groups is 1. The van der Waals surface area contributed by atoms with Gasteiger partial charge in [0.1, 0.15) is 5.75 Å². The van der Waals surface area contributed by atoms with E-state index < -0.39 is 5.97 Å². The second-order valence-electron chi connectivity index (χ2n) is 4.18. The van der Waals surface area contributed by atoms with Gasteiger partial charge < -0.3 is 19.6 Å². The number of anilines is 1. The Morgan fingerprint density at radius 2 is 2.09 bits per heavy atom. The third-order valence-corrected chi connectivity index (χ3v) is 3.30. The molecule has 9 heteroatoms. The molecule has 0 aliphatic heterocycles. The number of aromatic nitrogens is 1. The third kappa shape index (κ3) is 4.38. The Hall–Kier alpha value is -2.22. The first-order valence-corrected chi connectivity index (χ1v) is 7.09. The van der Waals surface area contributed by atoms with Crippen molar-refractivity contribution in [3.8, 4) is 17.4 Å². The summed E-state index contributed by atoms with van der Waals surface area (Å²) >= 11 is 12.1. The fourth-order valence-corrected chi connectivity index (χ4v) is 2.06. The van der Waals surface area contributed by atoms with Crippen LogP contribution in [0, 0.1) is 0 Å². The Morgan fingerprint density at radius 1 is 1.30 bits per heavy atom. The number of carbonyl (C=O) groups is 1. The van der Waals surface area contributed by atoms with Crippen LogP contribution in [0.15, 0.2) is 30.5 Å². The molecule has 0 unspecified atom stereocenters. The standard InChI is InChI=1S/C14H13Cl2N3O4/c1-21-13(20)7-22-14-11(3-2-4-18-14)23-12-6-10(19-17)8(15)5-9(12)16/h2-6,19H,7,17H2,1H3. The minimum atomic E-state index is -0.541. The highest BCUT2D eigenvalue weighted by atomic mass is 35.5. The van der Waals surface area contributed by atoms with Gasteiger partial charge in [0.2, 0.25) is 0 Å². The van der Waals surface area contributed by atoms with E-state index >= 15 is 0 Å². The summed E-state index contributed by atoms with van der Waals surface area (Å²) in [6.07, 6.45) is 1.50. The van der Waals surface area contributed by atoms with Gasteiger partial charge in [0.15, 0.2) is 12.4 Å². The molecule has 0 radical (unpaired) electrons. The van der Waals surface area contributed by atoms with Crippen LogP contribution in [0.3, 0.4) is 0 Å². The molecule has 0 bridgehead atoms. The zero-order valence-corrected chi connectivity index (χ0v) is 13.5. The van der Waals surface area contributed by atoms with E-state index in [9.17, 15) is 4.79 Å². The predicted octanol–water partition coefficient (Wildman–Crippen LogP) is 3.02. The molecule has 2 rings (SSSR count). The van der Waals surface area contributed by atoms with Gasteiger partial charge in [-0.3, -0.25) is 5.84 Å². The maximum atomic E-state index is 11.2. The van der Waals surface area contributed by atoms with E-state index in [0.717, 1.165) is 0 Å². The van der Waals surface area contributed by atoms with E-state index in [2.05, 4.69) is 15.1 Å². The smallest absolute Gasteiger partial charge is 0.343 e. The van der Waals surface area contributed by atoms with Crippen molar-refractivity contribution in [2.24, 2.45) is 5.84 Å². The molecular formula is C14H13Cl2N3O4. The molecule has 1 heterocycles. The van der Waals surface area contributed by atoms with E-state index in [4.69, 9.17) is 38.5 Å². The summed E-state index contributed by atoms with van der Waals surface area (Å²) in [5.74, 6) is 5.50. The van der Waals surface area contributed by atoms with Crippen LogP contribution in [-0.4, -0.2) is 24.7 Å². The van der Waals surface area contributed by atoms with Crippen molar-refractivity contribution < 1.29 is 19.0 Å². The highest BCUT2D eigenvalue weighted by molar-refractivity contribution is 6.37. The second-order valence-corrected chi connectivity index (χ2v) is 4.99. The van der Waals surface area contributed by atoms with E-state index in [1.807, 2.05) is 0 Å². The van der Waals surface area contributed by atoms with Crippen LogP contribution < -0.4 is 20.7 Å². The number of carbonyl (C=O) groups excluding carboxylic acids is 1. The van der Waals surface area contributed by atoms with E-state index in [1.54, 1.807) is 12.1 Å². The SMILES string of the molecule is COC(=O)COc1ncccc1Oc1cc(NN)c(Cl)cc1Cl. The summed E-state index contributed by atoms with van der Waals surface area (Å²) in [5, 5.41) is 0.620. The summed E-state index contributed by atoms with van der Waals surface area (Å²) < 4.78 is 15.4. The van der Waals surface area contributed by atoms with Gasteiger partial charge in [-0.05, 0) is 18.2 Å². The number of pyridine rings is 1. The molecule has 1 aromatic heterocycles. The molecule has 0 fully saturated rings. The van der Waals surface area contributed by atoms with Crippen molar-refractivity contribution in [2.45, 2.75) is 0 Å². The van der Waals surface area contributed by atoms with Crippen molar-refractivity contribution in [1.82, 2.24) is 4.98 Å². The molecule has 122 valence electrons. The number of esters is 1. The number of ether oxygens (including phenoxy) is 3. The largest absolute Gasteiger partial charge is 0.466 e. The van der Waals surface area contributed by atoms with E-state index in [0.29, 0.717) is 16.5 Å². The highest BCUT2D eigenvalue weighted by Crippen LogP contribution is 2.38. The Labute approximate surface area is 142 Å². The van der Waals surface area contributed by atoms with Gasteiger partial charge in [0.25, 0.3) is 5.88 Å². The first-order valence-electron chi connectivity index (χ1n) is 6.33. The van der Waals surface area contributed by atoms with Crippen molar-refractivity contribution in [1.29, 1.82) is 0 Å². The summed E-state index contributed by atoms with van der Waals surface area (Å²) in [4.78, 5) is 15.2. The van der Waals surface area contributed by atoms with Gasteiger partial charge in [-0.2, -0.15) is 0 Å². The van der Waals surface area contributed by atoms with Crippen molar-refractivity contribution in [2.75, 3.05) is 19.1 Å². The van der Waals surface area contributed by atoms with E-state index in [-0.39, 0.29) is 23.3 Å². The van der Waals surface area contributed by atoms with Crippen LogP contribution in [0.1, 0.15) is 0 Å². The number of rotatable bonds is 6. The maximum Gasteiger partial charge on any atom is 0.343 e. The zero-order chi connectivity index (χ0) is 16.8. The van der Waals surface area contributed by atoms with Crippen molar-refractivity contribution in [3.05, 3.63) is 40.5 Å². The van der Waals surface area contributed by atoms with Gasteiger partial charge in [0, 0.05) is 12.3 Å². The number of halogens is 2. The van der Waals surface area contributed by atoms with Crippen molar-refractivity contribution in [3.63, 3.8) is 0 Å². The minimum absolute atomic E-state index is 0.117. The van der Waals surface area contributed by atoms with Gasteiger partial charge in [0.05, 0.1) is 22.8 Å². The second kappa shape index (κ2) is 7.87. The third-order valence-electron chi connectivity index (χ3n) is 2.69. The molecule has 0 saturated heterocycles. The fourth-order valence-electron chi connectivity index (χ4n) is 1.58. The van der Waals surface area contributed by atoms with Gasteiger partial charge in [-0.25, -0.2) is 9.78 Å². The van der Waals surface area contributed by atoms with Crippen LogP contribution in [0.5, 0.6) is 17.4 Å². The number of nitrogens with one attached hydrogen (secondary N) is 1. The van der Waals surface area contributed by atoms with Crippen LogP contribution in [0.4, 0.5) is 5.69 Å². The average Bonchev–Trinajstić information content (AvgIpc) is 2.56. The summed E-state index contributed by atoms with van der Waals surface area (Å²) in [6, 6.07) is 6.27. The average molecular weight is 358 g/mol. The number of hydrogen-bond donors (Lipinski definition) is 2. The Bertz CT molecular complexity index is 712. The molecule has 0 aliphatic rings. The molecule has 0 saturated carbocycles. The Morgan fingerprint density at radius 3 is 2.78 bits per heavy atom. The Kier molecular flexibility index (Phi) is 5.86. The number of methoxy groups -OCH3 is 1. The lowest BCUT2D eigenvalue weighted by Crippen LogP contribution is -2.13. The molecule has 3 N–H and O–H groups in total. The van der Waals surface area contributed by atoms with Gasteiger partial charge >= 0.3 is 5.97 Å². The summed E-state index contributed by atoms with van der Waals surface area (Å²) in [6.45, 7) is -0.298. The number of nitrogen functional groups attached to an aromatic ring is 1. The molecular weight excluding hydrogens is 345 g/mol. The molecule has 0 atom stereocenters. The minimum Gasteiger partial charge on any atom is -0.466 e. The van der Waals surface area contributed by atoms with Gasteiger partial charge in [-0.15, -0.1) is 0 Å². The Balaban J connectivity index is 2.25. The molecule has 0 spiro atoms. The lowest BCUT2D eigenvalue weighted by molar-refractivity contribution is -0.143. The highest BCUT2D eigenvalue weighted by Gasteiger charge is 2.13. The fraction of sp³-hybridized carbons (Fsp3) is 0.143. The molecule has 1 aromatic carbocycles. The van der Waals surface area contributed by atoms with Gasteiger partial charge in [-0.1, -0.05) is 23.2 Å². The van der Waals surface area contributed by atoms with Crippen LogP contribution in [0.25, 0.3) is 0 Å². The normalized spacial score (nSPS) is 10.1. The number of nitrogens with zero attached hydrogens (tertiary/aromatic N) is 1. The molecule has 0 aliphatic carbocycles.